The van der Waals surface area contributed by atoms with Crippen LogP contribution in [0.15, 0.2) is 182 Å². The van der Waals surface area contributed by atoms with Crippen molar-refractivity contribution in [1.82, 2.24) is 23.4 Å². The highest BCUT2D eigenvalue weighted by Gasteiger charge is 2.64. The topological polar surface area (TPSA) is 44.0 Å². The van der Waals surface area contributed by atoms with Gasteiger partial charge in [-0.2, -0.15) is 0 Å². The first-order valence-corrected chi connectivity index (χ1v) is 57.1. The predicted molar refractivity (Wildman–Crippen MR) is 636 cm³/mol. The predicted octanol–water partition coefficient (Wildman–Crippen LogP) is 35.3. The van der Waals surface area contributed by atoms with Gasteiger partial charge in [0.2, 0.25) is 56.9 Å². The van der Waals surface area contributed by atoms with E-state index in [9.17, 15) is 0 Å². The molecule has 5 aliphatic heterocycles. The number of para-hydroxylation sites is 5. The van der Waals surface area contributed by atoms with Crippen LogP contribution in [0.4, 0.5) is 0 Å². The molecule has 10 nitrogen and oxygen atoms in total. The minimum atomic E-state index is -2.19. The van der Waals surface area contributed by atoms with Gasteiger partial charge in [-0.3, -0.25) is 0 Å². The van der Waals surface area contributed by atoms with E-state index in [2.05, 4.69) is 550 Å². The number of rotatable bonds is 14. The van der Waals surface area contributed by atoms with Gasteiger partial charge in [-0.05, 0) is 300 Å². The van der Waals surface area contributed by atoms with Crippen LogP contribution >= 0.6 is 0 Å². The normalized spacial score (nSPS) is 17.1. The highest BCUT2D eigenvalue weighted by molar-refractivity contribution is 5.80. The van der Waals surface area contributed by atoms with E-state index in [4.69, 9.17) is 4.11 Å². The van der Waals surface area contributed by atoms with Crippen molar-refractivity contribution in [1.29, 1.82) is 0 Å². The Hall–Kier alpha value is -11.0. The molecule has 0 radical (unpaired) electrons. The van der Waals surface area contributed by atoms with Crippen LogP contribution in [0.25, 0.3) is 72.9 Å². The average Bonchev–Trinajstić information content (AvgIpc) is 2.06. The smallest absolute Gasteiger partial charge is 0.150 e. The molecular weight excluding hydrogens is 1820 g/mol. The largest absolute Gasteiger partial charge is 0.243 e. The SMILES string of the molecule is Cc1c(-c2ccccc2)c2[n+](n1C(C)C)-c1c(C(C)C)cccc1C(C)(C)C2(C)C.Cc1cc2[n+](n1C(C)C)-c1c(C(C)C)cccc1C(C)(C)C2(C)C.Cc1cccc(C)c1-c1c(C)n(C(C)C)[n+]2c1C(C)(C)C(C)(C)c1cccc(C(C)C)c1-2.Cc1cccc(C)c1-c1c(C)n(C(C)C)[n+]2c1C(C)(C)C(C)(C)c1cccc(C(C)C)c1-2.[2H]C([2H])([2H])c1cccc(C)c1-c1c(C)n(C(C)C)[n+]2c1C(C)(C)C(C)(C)c1cccc(C(C)C)c1-2. The maximum Gasteiger partial charge on any atom is 0.243 e. The lowest BCUT2D eigenvalue weighted by molar-refractivity contribution is -0.703. The third-order valence-corrected chi connectivity index (χ3v) is 38.8. The summed E-state index contributed by atoms with van der Waals surface area (Å²) in [6.07, 6.45) is 0. The Bertz CT molecular complexity index is 7450. The minimum Gasteiger partial charge on any atom is -0.150 e. The molecule has 0 saturated heterocycles. The number of hydrogen-bond donors (Lipinski definition) is 0. The molecule has 0 bridgehead atoms. The molecule has 0 amide bonds. The van der Waals surface area contributed by atoms with Crippen molar-refractivity contribution in [3.05, 3.63) is 328 Å². The van der Waals surface area contributed by atoms with Crippen molar-refractivity contribution in [2.75, 3.05) is 0 Å². The Kier molecular flexibility index (Phi) is 28.7. The molecule has 150 heavy (non-hydrogen) atoms. The Balaban J connectivity index is 0.000000143. The van der Waals surface area contributed by atoms with Crippen molar-refractivity contribution < 1.29 is 27.5 Å². The second-order valence-electron chi connectivity index (χ2n) is 53.8. The van der Waals surface area contributed by atoms with Crippen molar-refractivity contribution in [2.24, 2.45) is 0 Å². The minimum absolute atomic E-state index is 0.00578. The first kappa shape index (κ1) is 109. The van der Waals surface area contributed by atoms with Crippen LogP contribution in [-0.4, -0.2) is 23.4 Å². The lowest BCUT2D eigenvalue weighted by Crippen LogP contribution is -2.59. The Morgan fingerprint density at radius 2 is 0.413 bits per heavy atom. The molecule has 10 heteroatoms. The first-order valence-electron chi connectivity index (χ1n) is 58.6. The summed E-state index contributed by atoms with van der Waals surface area (Å²) < 4.78 is 50.4. The van der Waals surface area contributed by atoms with E-state index in [1.54, 1.807) is 6.07 Å². The van der Waals surface area contributed by atoms with E-state index in [1.165, 1.54) is 191 Å². The third-order valence-electron chi connectivity index (χ3n) is 38.8. The summed E-state index contributed by atoms with van der Waals surface area (Å²) in [5.74, 6) is 2.25. The molecule has 0 atom stereocenters. The molecule has 0 unspecified atom stereocenters. The highest BCUT2D eigenvalue weighted by Crippen LogP contribution is 2.60. The van der Waals surface area contributed by atoms with Crippen LogP contribution in [0.3, 0.4) is 0 Å². The molecule has 9 aromatic carbocycles. The molecule has 0 saturated carbocycles. The van der Waals surface area contributed by atoms with Gasteiger partial charge < -0.3 is 0 Å². The summed E-state index contributed by atoms with van der Waals surface area (Å²) in [5, 5.41) is 0. The van der Waals surface area contributed by atoms with Gasteiger partial charge in [0.25, 0.3) is 0 Å². The summed E-state index contributed by atoms with van der Waals surface area (Å²) >= 11 is 0. The zero-order chi connectivity index (χ0) is 114. The van der Waals surface area contributed by atoms with Crippen molar-refractivity contribution in [3.8, 4) is 72.9 Å². The summed E-state index contributed by atoms with van der Waals surface area (Å²) in [7, 11) is 0. The Labute approximate surface area is 912 Å². The Morgan fingerprint density at radius 3 is 0.647 bits per heavy atom. The monoisotopic (exact) mass is 2020 g/mol. The fourth-order valence-electron chi connectivity index (χ4n) is 27.5. The second kappa shape index (κ2) is 39.5. The van der Waals surface area contributed by atoms with E-state index in [-0.39, 0.29) is 60.2 Å². The van der Waals surface area contributed by atoms with Crippen LogP contribution in [-0.2, 0) is 54.1 Å². The maximum atomic E-state index is 8.37. The number of fused-ring (bicyclic) bond motifs is 15. The van der Waals surface area contributed by atoms with Crippen molar-refractivity contribution >= 4 is 0 Å². The molecule has 0 aliphatic carbocycles. The van der Waals surface area contributed by atoms with Crippen LogP contribution < -0.4 is 23.4 Å². The highest BCUT2D eigenvalue weighted by atomic mass is 15.5. The molecule has 10 heterocycles. The zero-order valence-corrected chi connectivity index (χ0v) is 103. The fourth-order valence-corrected chi connectivity index (χ4v) is 27.5. The zero-order valence-electron chi connectivity index (χ0n) is 106. The number of aromatic nitrogens is 10. The van der Waals surface area contributed by atoms with Crippen LogP contribution in [0.1, 0.15) is 487 Å². The molecular formula is C140H193N10+5. The standard InChI is InChI=1S/3C30H41N2.C28H37N2.C22H33N2/c3*1-18(2)23-16-13-17-24-27(23)32-28(30(10,11)29(24,8)9)26(22(7)31(32)19(3)4)25-20(5)14-12-15-21(25)6;1-18(2)22-16-13-17-23-25(22)30-26(28(8,9)27(23,6)7)24(20(5)29(30)19(3)4)21-14-11-10-12-15-21;1-14(2)17-11-10-12-18-20(17)24-19(22(8,9)21(18,6)7)13-16(5)23(24)15(3)4/h3*12-19H,1-11H3;10-19H,1-9H3;10-15H,1-9H3/q5*+1/i5D3;;;;. The molecule has 19 rings (SSSR count). The second-order valence-corrected chi connectivity index (χ2v) is 53.8. The van der Waals surface area contributed by atoms with E-state index in [1.807, 2.05) is 19.1 Å². The lowest BCUT2D eigenvalue weighted by Gasteiger charge is -2.43. The van der Waals surface area contributed by atoms with Gasteiger partial charge in [0.1, 0.15) is 0 Å². The van der Waals surface area contributed by atoms with E-state index in [0.29, 0.717) is 59.3 Å². The summed E-state index contributed by atoms with van der Waals surface area (Å²) in [4.78, 5) is 0. The van der Waals surface area contributed by atoms with Crippen molar-refractivity contribution in [3.63, 3.8) is 0 Å². The summed E-state index contributed by atoms with van der Waals surface area (Å²) in [5.41, 5.74) is 51.4. The number of aryl methyl sites for hydroxylation is 7. The molecule has 798 valence electrons. The Morgan fingerprint density at radius 1 is 0.207 bits per heavy atom. The van der Waals surface area contributed by atoms with E-state index in [0.717, 1.165) is 22.4 Å². The van der Waals surface area contributed by atoms with Gasteiger partial charge in [0, 0.05) is 92.9 Å². The summed E-state index contributed by atoms with van der Waals surface area (Å²) in [6.45, 7) is 114. The maximum absolute atomic E-state index is 8.37. The van der Waals surface area contributed by atoms with Crippen molar-refractivity contribution in [2.45, 2.75) is 467 Å². The van der Waals surface area contributed by atoms with Crippen LogP contribution in [0.2, 0.25) is 0 Å². The molecule has 14 aromatic rings. The van der Waals surface area contributed by atoms with Gasteiger partial charge in [0.05, 0.1) is 108 Å². The molecule has 5 aromatic heterocycles. The molecule has 0 N–H and O–H groups in total. The molecule has 0 spiro atoms. The fraction of sp³-hybridized carbons (Fsp3) is 0.507. The average molecular weight is 2020 g/mol. The molecule has 5 aliphatic rings. The van der Waals surface area contributed by atoms with Crippen LogP contribution in [0.5, 0.6) is 0 Å². The van der Waals surface area contributed by atoms with E-state index >= 15 is 0 Å². The first-order chi connectivity index (χ1) is 70.7. The summed E-state index contributed by atoms with van der Waals surface area (Å²) in [6, 6.07) is 68.7. The van der Waals surface area contributed by atoms with Gasteiger partial charge >= 0.3 is 0 Å². The van der Waals surface area contributed by atoms with Gasteiger partial charge in [-0.1, -0.05) is 338 Å². The lowest BCUT2D eigenvalue weighted by atomic mass is 9.59. The van der Waals surface area contributed by atoms with Gasteiger partial charge in [-0.15, -0.1) is 23.4 Å². The van der Waals surface area contributed by atoms with Gasteiger partial charge in [-0.25, -0.2) is 0 Å². The number of hydrogen-bond acceptors (Lipinski definition) is 0. The number of benzene rings is 9. The van der Waals surface area contributed by atoms with Gasteiger partial charge in [0.15, 0.2) is 0 Å². The molecule has 0 fully saturated rings. The quantitative estimate of drug-likeness (QED) is 0.0974. The third kappa shape index (κ3) is 17.0. The number of nitrogens with zero attached hydrogens (tertiary/aromatic N) is 10. The van der Waals surface area contributed by atoms with E-state index < -0.39 is 6.85 Å². The van der Waals surface area contributed by atoms with Crippen LogP contribution in [0, 0.1) is 76.1 Å².